The number of methoxy groups -OCH3 is 1. The maximum atomic E-state index is 11.3. The molecule has 0 aliphatic carbocycles. The van der Waals surface area contributed by atoms with E-state index in [0.29, 0.717) is 17.1 Å². The molecule has 0 bridgehead atoms. The zero-order valence-electron chi connectivity index (χ0n) is 9.20. The van der Waals surface area contributed by atoms with Gasteiger partial charge >= 0.3 is 5.97 Å². The van der Waals surface area contributed by atoms with Gasteiger partial charge in [-0.25, -0.2) is 4.79 Å². The van der Waals surface area contributed by atoms with E-state index < -0.39 is 5.97 Å². The van der Waals surface area contributed by atoms with E-state index in [-0.39, 0.29) is 19.0 Å². The predicted molar refractivity (Wildman–Crippen MR) is 55.7 cm³/mol. The van der Waals surface area contributed by atoms with Gasteiger partial charge in [0.25, 0.3) is 0 Å². The molecule has 6 nitrogen and oxygen atoms in total. The summed E-state index contributed by atoms with van der Waals surface area (Å²) in [7, 11) is 1.30. The number of aryl methyl sites for hydroxylation is 1. The zero-order chi connectivity index (χ0) is 12.1. The zero-order valence-corrected chi connectivity index (χ0v) is 9.20. The number of rotatable bonds is 4. The topological polar surface area (TPSA) is 94.6 Å². The van der Waals surface area contributed by atoms with E-state index in [4.69, 9.17) is 10.2 Å². The first-order chi connectivity index (χ1) is 7.58. The number of carbonyl (C=O) groups excluding carboxylic acids is 2. The Labute approximate surface area is 92.7 Å². The van der Waals surface area contributed by atoms with Crippen LogP contribution in [0.25, 0.3) is 0 Å². The van der Waals surface area contributed by atoms with E-state index in [0.717, 1.165) is 0 Å². The molecule has 0 aromatic carbocycles. The van der Waals surface area contributed by atoms with Crippen LogP contribution in [0.2, 0.25) is 0 Å². The summed E-state index contributed by atoms with van der Waals surface area (Å²) in [5.74, 6) is 0.204. The SMILES string of the molecule is COC(=O)c1cc(CNC(=O)CN)oc1C. The van der Waals surface area contributed by atoms with Crippen molar-refractivity contribution in [2.75, 3.05) is 13.7 Å². The number of nitrogens with two attached hydrogens (primary N) is 1. The average molecular weight is 226 g/mol. The van der Waals surface area contributed by atoms with Gasteiger partial charge < -0.3 is 20.2 Å². The number of furan rings is 1. The van der Waals surface area contributed by atoms with Crippen LogP contribution < -0.4 is 11.1 Å². The largest absolute Gasteiger partial charge is 0.465 e. The summed E-state index contributed by atoms with van der Waals surface area (Å²) in [6.45, 7) is 1.78. The standard InChI is InChI=1S/C10H14N2O4/c1-6-8(10(14)15-2)3-7(16-6)5-12-9(13)4-11/h3H,4-5,11H2,1-2H3,(H,12,13). The van der Waals surface area contributed by atoms with Crippen molar-refractivity contribution in [2.24, 2.45) is 5.73 Å². The lowest BCUT2D eigenvalue weighted by atomic mass is 10.2. The Morgan fingerprint density at radius 3 is 2.81 bits per heavy atom. The van der Waals surface area contributed by atoms with Gasteiger partial charge in [0, 0.05) is 0 Å². The van der Waals surface area contributed by atoms with E-state index in [2.05, 4.69) is 10.1 Å². The maximum absolute atomic E-state index is 11.3. The quantitative estimate of drug-likeness (QED) is 0.702. The van der Waals surface area contributed by atoms with Crippen LogP contribution in [0.3, 0.4) is 0 Å². The van der Waals surface area contributed by atoms with E-state index in [1.807, 2.05) is 0 Å². The second-order valence-corrected chi connectivity index (χ2v) is 3.16. The van der Waals surface area contributed by atoms with E-state index in [1.54, 1.807) is 6.92 Å². The van der Waals surface area contributed by atoms with E-state index in [1.165, 1.54) is 13.2 Å². The molecule has 16 heavy (non-hydrogen) atoms. The molecule has 0 fully saturated rings. The molecule has 6 heteroatoms. The first-order valence-electron chi connectivity index (χ1n) is 4.73. The molecule has 1 aromatic heterocycles. The van der Waals surface area contributed by atoms with Crippen molar-refractivity contribution >= 4 is 11.9 Å². The van der Waals surface area contributed by atoms with Gasteiger partial charge in [-0.15, -0.1) is 0 Å². The van der Waals surface area contributed by atoms with Gasteiger partial charge in [-0.2, -0.15) is 0 Å². The number of nitrogens with one attached hydrogen (secondary N) is 1. The monoisotopic (exact) mass is 226 g/mol. The molecule has 1 amide bonds. The second kappa shape index (κ2) is 5.32. The van der Waals surface area contributed by atoms with Crippen molar-refractivity contribution in [3.8, 4) is 0 Å². The predicted octanol–water partition coefficient (Wildman–Crippen LogP) is -0.0505. The normalized spacial score (nSPS) is 9.94. The first kappa shape index (κ1) is 12.3. The molecule has 0 unspecified atom stereocenters. The molecule has 1 rings (SSSR count). The number of carbonyl (C=O) groups is 2. The number of ether oxygens (including phenoxy) is 1. The van der Waals surface area contributed by atoms with Crippen molar-refractivity contribution in [1.82, 2.24) is 5.32 Å². The molecule has 1 heterocycles. The molecule has 1 aromatic rings. The van der Waals surface area contributed by atoms with Crippen molar-refractivity contribution in [2.45, 2.75) is 13.5 Å². The molecule has 0 saturated carbocycles. The molecule has 0 radical (unpaired) electrons. The van der Waals surface area contributed by atoms with Crippen LogP contribution in [0.1, 0.15) is 21.9 Å². The average Bonchev–Trinajstić information content (AvgIpc) is 2.66. The molecule has 0 aliphatic heterocycles. The Balaban J connectivity index is 2.69. The third-order valence-electron chi connectivity index (χ3n) is 2.02. The Bertz CT molecular complexity index is 398. The van der Waals surface area contributed by atoms with Gasteiger partial charge in [-0.3, -0.25) is 4.79 Å². The minimum atomic E-state index is -0.461. The van der Waals surface area contributed by atoms with Crippen LogP contribution in [0, 0.1) is 6.92 Å². The van der Waals surface area contributed by atoms with Crippen LogP contribution in [-0.4, -0.2) is 25.5 Å². The number of esters is 1. The molecule has 3 N–H and O–H groups in total. The van der Waals surface area contributed by atoms with Gasteiger partial charge in [-0.1, -0.05) is 0 Å². The Morgan fingerprint density at radius 1 is 1.56 bits per heavy atom. The lowest BCUT2D eigenvalue weighted by Gasteiger charge is -1.98. The number of hydrogen-bond acceptors (Lipinski definition) is 5. The summed E-state index contributed by atoms with van der Waals surface area (Å²) in [6, 6.07) is 1.54. The highest BCUT2D eigenvalue weighted by molar-refractivity contribution is 5.90. The molecule has 0 atom stereocenters. The fourth-order valence-electron chi connectivity index (χ4n) is 1.20. The Kier molecular flexibility index (Phi) is 4.07. The highest BCUT2D eigenvalue weighted by atomic mass is 16.5. The number of amides is 1. The molecule has 88 valence electrons. The molecular formula is C10H14N2O4. The van der Waals surface area contributed by atoms with Gasteiger partial charge in [0.1, 0.15) is 17.1 Å². The highest BCUT2D eigenvalue weighted by Gasteiger charge is 2.15. The number of hydrogen-bond donors (Lipinski definition) is 2. The molecular weight excluding hydrogens is 212 g/mol. The fraction of sp³-hybridized carbons (Fsp3) is 0.400. The summed E-state index contributed by atoms with van der Waals surface area (Å²) < 4.78 is 9.85. The summed E-state index contributed by atoms with van der Waals surface area (Å²) >= 11 is 0. The third kappa shape index (κ3) is 2.83. The minimum absolute atomic E-state index is 0.0798. The van der Waals surface area contributed by atoms with Gasteiger partial charge in [0.2, 0.25) is 5.91 Å². The van der Waals surface area contributed by atoms with E-state index in [9.17, 15) is 9.59 Å². The van der Waals surface area contributed by atoms with Crippen molar-refractivity contribution in [3.63, 3.8) is 0 Å². The summed E-state index contributed by atoms with van der Waals surface area (Å²) in [5, 5.41) is 2.54. The lowest BCUT2D eigenvalue weighted by molar-refractivity contribution is -0.119. The van der Waals surface area contributed by atoms with E-state index >= 15 is 0 Å². The van der Waals surface area contributed by atoms with Gasteiger partial charge in [-0.05, 0) is 13.0 Å². The van der Waals surface area contributed by atoms with Crippen molar-refractivity contribution < 1.29 is 18.7 Å². The van der Waals surface area contributed by atoms with Crippen LogP contribution in [0.5, 0.6) is 0 Å². The second-order valence-electron chi connectivity index (χ2n) is 3.16. The fourth-order valence-corrected chi connectivity index (χ4v) is 1.20. The first-order valence-corrected chi connectivity index (χ1v) is 4.73. The van der Waals surface area contributed by atoms with Crippen LogP contribution >= 0.6 is 0 Å². The minimum Gasteiger partial charge on any atom is -0.465 e. The van der Waals surface area contributed by atoms with Gasteiger partial charge in [0.05, 0.1) is 20.2 Å². The summed E-state index contributed by atoms with van der Waals surface area (Å²) in [4.78, 5) is 22.1. The lowest BCUT2D eigenvalue weighted by Crippen LogP contribution is -2.29. The smallest absolute Gasteiger partial charge is 0.341 e. The highest BCUT2D eigenvalue weighted by Crippen LogP contribution is 2.15. The van der Waals surface area contributed by atoms with Crippen molar-refractivity contribution in [1.29, 1.82) is 0 Å². The maximum Gasteiger partial charge on any atom is 0.341 e. The summed E-state index contributed by atoms with van der Waals surface area (Å²) in [5.41, 5.74) is 5.48. The summed E-state index contributed by atoms with van der Waals surface area (Å²) in [6.07, 6.45) is 0. The van der Waals surface area contributed by atoms with Gasteiger partial charge in [0.15, 0.2) is 0 Å². The molecule has 0 aliphatic rings. The van der Waals surface area contributed by atoms with Crippen LogP contribution in [0.4, 0.5) is 0 Å². The Morgan fingerprint density at radius 2 is 2.25 bits per heavy atom. The van der Waals surface area contributed by atoms with Crippen LogP contribution in [0.15, 0.2) is 10.5 Å². The molecule has 0 saturated heterocycles. The molecule has 0 spiro atoms. The van der Waals surface area contributed by atoms with Crippen LogP contribution in [-0.2, 0) is 16.1 Å². The Hall–Kier alpha value is -1.82. The third-order valence-corrected chi connectivity index (χ3v) is 2.02. The van der Waals surface area contributed by atoms with Crippen molar-refractivity contribution in [3.05, 3.63) is 23.2 Å².